The molecule has 0 fully saturated rings. The molecule has 5 nitrogen and oxygen atoms in total. The minimum Gasteiger partial charge on any atom is -0.457 e. The third kappa shape index (κ3) is 4.05. The molecule has 28 heavy (non-hydrogen) atoms. The van der Waals surface area contributed by atoms with Gasteiger partial charge in [0.1, 0.15) is 17.3 Å². The summed E-state index contributed by atoms with van der Waals surface area (Å²) in [4.78, 5) is 0. The van der Waals surface area contributed by atoms with Crippen LogP contribution in [0.4, 0.5) is 4.39 Å². The Morgan fingerprint density at radius 2 is 1.75 bits per heavy atom. The number of nitrogens with one attached hydrogen (secondary N) is 1. The van der Waals surface area contributed by atoms with Crippen LogP contribution in [0.1, 0.15) is 5.56 Å². The molecule has 0 unspecified atom stereocenters. The fraction of sp³-hybridized carbons (Fsp3) is 0. The van der Waals surface area contributed by atoms with Gasteiger partial charge in [0.25, 0.3) is 0 Å². The smallest absolute Gasteiger partial charge is 0.216 e. The number of aromatic amines is 1. The minimum absolute atomic E-state index is 0.312. The summed E-state index contributed by atoms with van der Waals surface area (Å²) in [6.07, 6.45) is 1.64. The predicted molar refractivity (Wildman–Crippen MR) is 109 cm³/mol. The molecule has 0 saturated heterocycles. The molecule has 1 heterocycles. The monoisotopic (exact) mass is 390 g/mol. The molecule has 1 aromatic heterocycles. The van der Waals surface area contributed by atoms with E-state index in [0.29, 0.717) is 21.9 Å². The summed E-state index contributed by atoms with van der Waals surface area (Å²) in [5.41, 5.74) is 1.40. The number of nitrogens with zero attached hydrogens (tertiary/aromatic N) is 3. The van der Waals surface area contributed by atoms with Crippen molar-refractivity contribution in [1.82, 2.24) is 14.9 Å². The van der Waals surface area contributed by atoms with Gasteiger partial charge in [-0.2, -0.15) is 14.9 Å². The van der Waals surface area contributed by atoms with Gasteiger partial charge in [0.2, 0.25) is 4.77 Å². The number of H-pyrrole nitrogens is 1. The Kier molecular flexibility index (Phi) is 5.07. The normalized spacial score (nSPS) is 11.0. The zero-order valence-corrected chi connectivity index (χ0v) is 15.4. The Morgan fingerprint density at radius 1 is 0.964 bits per heavy atom. The Labute approximate surface area is 165 Å². The van der Waals surface area contributed by atoms with E-state index in [1.54, 1.807) is 18.3 Å². The van der Waals surface area contributed by atoms with E-state index in [-0.39, 0.29) is 5.82 Å². The highest BCUT2D eigenvalue weighted by Gasteiger charge is 2.08. The van der Waals surface area contributed by atoms with Crippen molar-refractivity contribution in [3.05, 3.63) is 95.0 Å². The van der Waals surface area contributed by atoms with E-state index in [2.05, 4.69) is 15.3 Å². The van der Waals surface area contributed by atoms with Crippen LogP contribution in [0.5, 0.6) is 11.5 Å². The van der Waals surface area contributed by atoms with E-state index in [1.165, 1.54) is 16.8 Å². The zero-order valence-electron chi connectivity index (χ0n) is 14.6. The molecular weight excluding hydrogens is 375 g/mol. The van der Waals surface area contributed by atoms with Crippen molar-refractivity contribution < 1.29 is 9.13 Å². The second-order valence-electron chi connectivity index (χ2n) is 5.91. The number of benzene rings is 3. The molecule has 4 rings (SSSR count). The SMILES string of the molecule is Fc1cccc(-c2n[nH]c(=S)n2/N=C\c2cccc(Oc3ccccc3)c2)c1. The van der Waals surface area contributed by atoms with Gasteiger partial charge in [-0.1, -0.05) is 42.5 Å². The lowest BCUT2D eigenvalue weighted by Crippen LogP contribution is -1.95. The number of rotatable bonds is 5. The predicted octanol–water partition coefficient (Wildman–Crippen LogP) is 5.42. The van der Waals surface area contributed by atoms with Gasteiger partial charge in [-0.05, 0) is 54.2 Å². The second kappa shape index (κ2) is 7.98. The maximum absolute atomic E-state index is 13.5. The van der Waals surface area contributed by atoms with E-state index in [0.717, 1.165) is 11.3 Å². The van der Waals surface area contributed by atoms with E-state index in [4.69, 9.17) is 17.0 Å². The third-order valence-electron chi connectivity index (χ3n) is 3.89. The number of hydrogen-bond donors (Lipinski definition) is 1. The highest BCUT2D eigenvalue weighted by atomic mass is 32.1. The lowest BCUT2D eigenvalue weighted by Gasteiger charge is -2.06. The van der Waals surface area contributed by atoms with Crippen LogP contribution in [-0.4, -0.2) is 21.1 Å². The fourth-order valence-electron chi connectivity index (χ4n) is 2.62. The summed E-state index contributed by atoms with van der Waals surface area (Å²) >= 11 is 5.25. The highest BCUT2D eigenvalue weighted by Crippen LogP contribution is 2.22. The van der Waals surface area contributed by atoms with E-state index >= 15 is 0 Å². The summed E-state index contributed by atoms with van der Waals surface area (Å²) < 4.78 is 21.1. The molecule has 0 aliphatic rings. The summed E-state index contributed by atoms with van der Waals surface area (Å²) in [5.74, 6) is 1.52. The molecular formula is C21H15FN4OS. The molecule has 0 aliphatic carbocycles. The number of aromatic nitrogens is 3. The topological polar surface area (TPSA) is 55.2 Å². The molecule has 0 atom stereocenters. The van der Waals surface area contributed by atoms with Gasteiger partial charge in [-0.25, -0.2) is 9.49 Å². The summed E-state index contributed by atoms with van der Waals surface area (Å²) in [5, 5.41) is 11.2. The van der Waals surface area contributed by atoms with Crippen LogP contribution >= 0.6 is 12.2 Å². The van der Waals surface area contributed by atoms with Crippen molar-refractivity contribution in [1.29, 1.82) is 0 Å². The number of hydrogen-bond acceptors (Lipinski definition) is 4. The number of ether oxygens (including phenoxy) is 1. The molecule has 0 saturated carbocycles. The minimum atomic E-state index is -0.354. The van der Waals surface area contributed by atoms with Crippen molar-refractivity contribution in [3.8, 4) is 22.9 Å². The lowest BCUT2D eigenvalue weighted by molar-refractivity contribution is 0.482. The number of para-hydroxylation sites is 1. The molecule has 0 bridgehead atoms. The molecule has 4 aromatic rings. The zero-order chi connectivity index (χ0) is 19.3. The second-order valence-corrected chi connectivity index (χ2v) is 6.29. The van der Waals surface area contributed by atoms with E-state index in [9.17, 15) is 4.39 Å². The van der Waals surface area contributed by atoms with Crippen molar-refractivity contribution in [2.75, 3.05) is 0 Å². The van der Waals surface area contributed by atoms with Crippen LogP contribution in [0.2, 0.25) is 0 Å². The quantitative estimate of drug-likeness (QED) is 0.366. The van der Waals surface area contributed by atoms with Gasteiger partial charge >= 0.3 is 0 Å². The Hall–Kier alpha value is -3.58. The van der Waals surface area contributed by atoms with Crippen molar-refractivity contribution in [2.45, 2.75) is 0 Å². The Bertz CT molecular complexity index is 1180. The van der Waals surface area contributed by atoms with Gasteiger partial charge in [0.15, 0.2) is 5.82 Å². The summed E-state index contributed by atoms with van der Waals surface area (Å²) in [7, 11) is 0. The maximum atomic E-state index is 13.5. The lowest BCUT2D eigenvalue weighted by atomic mass is 10.2. The van der Waals surface area contributed by atoms with Crippen molar-refractivity contribution in [2.24, 2.45) is 5.10 Å². The highest BCUT2D eigenvalue weighted by molar-refractivity contribution is 7.71. The fourth-order valence-corrected chi connectivity index (χ4v) is 2.80. The molecule has 7 heteroatoms. The largest absolute Gasteiger partial charge is 0.457 e. The van der Waals surface area contributed by atoms with Gasteiger partial charge in [0.05, 0.1) is 6.21 Å². The van der Waals surface area contributed by atoms with Crippen LogP contribution < -0.4 is 4.74 Å². The molecule has 0 aliphatic heterocycles. The molecule has 0 spiro atoms. The molecule has 138 valence electrons. The Balaban J connectivity index is 1.61. The van der Waals surface area contributed by atoms with E-state index in [1.807, 2.05) is 54.6 Å². The van der Waals surface area contributed by atoms with Gasteiger partial charge in [-0.3, -0.25) is 0 Å². The molecule has 0 amide bonds. The average Bonchev–Trinajstić information content (AvgIpc) is 3.08. The standard InChI is InChI=1S/C21H15FN4OS/c22-17-8-5-7-16(13-17)20-24-25-21(28)26(20)23-14-15-6-4-11-19(12-15)27-18-9-2-1-3-10-18/h1-14H,(H,25,28)/b23-14-. The first-order chi connectivity index (χ1) is 13.7. The first-order valence-corrected chi connectivity index (χ1v) is 8.90. The van der Waals surface area contributed by atoms with Crippen LogP contribution in [0.25, 0.3) is 11.4 Å². The van der Waals surface area contributed by atoms with Crippen molar-refractivity contribution >= 4 is 18.4 Å². The summed E-state index contributed by atoms with van der Waals surface area (Å²) in [6.45, 7) is 0. The Morgan fingerprint density at radius 3 is 2.57 bits per heavy atom. The van der Waals surface area contributed by atoms with Crippen LogP contribution in [0.3, 0.4) is 0 Å². The molecule has 3 aromatic carbocycles. The van der Waals surface area contributed by atoms with E-state index < -0.39 is 0 Å². The maximum Gasteiger partial charge on any atom is 0.216 e. The first-order valence-electron chi connectivity index (χ1n) is 8.50. The van der Waals surface area contributed by atoms with Crippen LogP contribution in [-0.2, 0) is 0 Å². The third-order valence-corrected chi connectivity index (χ3v) is 4.16. The van der Waals surface area contributed by atoms with Crippen molar-refractivity contribution in [3.63, 3.8) is 0 Å². The van der Waals surface area contributed by atoms with Gasteiger partial charge in [0, 0.05) is 5.56 Å². The molecule has 1 N–H and O–H groups in total. The van der Waals surface area contributed by atoms with Gasteiger partial charge < -0.3 is 4.74 Å². The molecule has 0 radical (unpaired) electrons. The average molecular weight is 390 g/mol. The van der Waals surface area contributed by atoms with Crippen LogP contribution in [0.15, 0.2) is 84.0 Å². The first kappa shape index (κ1) is 17.8. The van der Waals surface area contributed by atoms with Crippen LogP contribution in [0, 0.1) is 10.6 Å². The van der Waals surface area contributed by atoms with Gasteiger partial charge in [-0.15, -0.1) is 0 Å². The number of halogens is 1. The summed E-state index contributed by atoms with van der Waals surface area (Å²) in [6, 6.07) is 23.1.